The van der Waals surface area contributed by atoms with E-state index in [0.717, 1.165) is 18.4 Å². The van der Waals surface area contributed by atoms with E-state index < -0.39 is 0 Å². The van der Waals surface area contributed by atoms with Crippen LogP contribution in [0.3, 0.4) is 0 Å². The summed E-state index contributed by atoms with van der Waals surface area (Å²) in [6.07, 6.45) is 3.10. The molecule has 0 aliphatic carbocycles. The highest BCUT2D eigenvalue weighted by molar-refractivity contribution is 4.91. The summed E-state index contributed by atoms with van der Waals surface area (Å²) in [4.78, 5) is 0. The van der Waals surface area contributed by atoms with Gasteiger partial charge in [-0.1, -0.05) is 47.5 Å². The number of ether oxygens (including phenoxy) is 1. The van der Waals surface area contributed by atoms with Crippen molar-refractivity contribution < 1.29 is 4.74 Å². The lowest BCUT2D eigenvalue weighted by atomic mass is 9.68. The van der Waals surface area contributed by atoms with Gasteiger partial charge in [0.1, 0.15) is 0 Å². The molecular formula is C12H24O. The Morgan fingerprint density at radius 3 is 2.38 bits per heavy atom. The van der Waals surface area contributed by atoms with Gasteiger partial charge in [-0.2, -0.15) is 0 Å². The third kappa shape index (κ3) is 2.07. The van der Waals surface area contributed by atoms with Crippen molar-refractivity contribution in [1.82, 2.24) is 0 Å². The molecule has 0 radical (unpaired) electrons. The zero-order valence-electron chi connectivity index (χ0n) is 9.76. The van der Waals surface area contributed by atoms with E-state index in [1.807, 2.05) is 0 Å². The van der Waals surface area contributed by atoms with Crippen LogP contribution in [0.4, 0.5) is 0 Å². The van der Waals surface area contributed by atoms with Crippen molar-refractivity contribution >= 4 is 0 Å². The molecule has 0 saturated carbocycles. The summed E-state index contributed by atoms with van der Waals surface area (Å²) in [6.45, 7) is 12.6. The Kier molecular flexibility index (Phi) is 3.39. The molecule has 78 valence electrons. The largest absolute Gasteiger partial charge is 0.377 e. The fourth-order valence-corrected chi connectivity index (χ4v) is 2.42. The van der Waals surface area contributed by atoms with Crippen molar-refractivity contribution in [2.24, 2.45) is 17.3 Å². The highest BCUT2D eigenvalue weighted by Crippen LogP contribution is 2.42. The van der Waals surface area contributed by atoms with E-state index >= 15 is 0 Å². The topological polar surface area (TPSA) is 9.23 Å². The first kappa shape index (κ1) is 11.0. The van der Waals surface area contributed by atoms with E-state index in [-0.39, 0.29) is 0 Å². The Bertz CT molecular complexity index is 163. The van der Waals surface area contributed by atoms with Crippen LogP contribution in [0.1, 0.15) is 47.5 Å². The molecule has 1 rings (SSSR count). The molecule has 1 saturated heterocycles. The lowest BCUT2D eigenvalue weighted by Crippen LogP contribution is -2.50. The van der Waals surface area contributed by atoms with Crippen molar-refractivity contribution in [3.8, 4) is 0 Å². The molecule has 0 aromatic carbocycles. The third-order valence-electron chi connectivity index (χ3n) is 3.78. The lowest BCUT2D eigenvalue weighted by Gasteiger charge is -2.48. The molecule has 1 fully saturated rings. The molecule has 13 heavy (non-hydrogen) atoms. The Morgan fingerprint density at radius 1 is 1.46 bits per heavy atom. The van der Waals surface area contributed by atoms with Crippen LogP contribution in [0.25, 0.3) is 0 Å². The molecule has 3 atom stereocenters. The van der Waals surface area contributed by atoms with Gasteiger partial charge in [-0.3, -0.25) is 0 Å². The Labute approximate surface area is 82.9 Å². The number of hydrogen-bond donors (Lipinski definition) is 0. The van der Waals surface area contributed by atoms with Crippen LogP contribution in [0.2, 0.25) is 0 Å². The average Bonchev–Trinajstić information content (AvgIpc) is 2.01. The fraction of sp³-hybridized carbons (Fsp3) is 1.00. The molecule has 0 spiro atoms. The van der Waals surface area contributed by atoms with Crippen molar-refractivity contribution in [1.29, 1.82) is 0 Å². The third-order valence-corrected chi connectivity index (χ3v) is 3.78. The minimum atomic E-state index is 0.355. The molecule has 1 nitrogen and oxygen atoms in total. The predicted molar refractivity (Wildman–Crippen MR) is 56.8 cm³/mol. The molecule has 3 unspecified atom stereocenters. The van der Waals surface area contributed by atoms with Crippen LogP contribution in [0.5, 0.6) is 0 Å². The van der Waals surface area contributed by atoms with E-state index in [4.69, 9.17) is 4.74 Å². The molecular weight excluding hydrogens is 160 g/mol. The molecule has 1 heteroatoms. The highest BCUT2D eigenvalue weighted by Gasteiger charge is 2.43. The zero-order chi connectivity index (χ0) is 10.1. The molecule has 0 aromatic heterocycles. The molecule has 0 aromatic rings. The minimum Gasteiger partial charge on any atom is -0.377 e. The summed E-state index contributed by atoms with van der Waals surface area (Å²) in [5, 5.41) is 0. The summed E-state index contributed by atoms with van der Waals surface area (Å²) < 4.78 is 5.68. The first-order valence-corrected chi connectivity index (χ1v) is 5.61. The quantitative estimate of drug-likeness (QED) is 0.650. The van der Waals surface area contributed by atoms with Crippen molar-refractivity contribution in [3.05, 3.63) is 0 Å². The van der Waals surface area contributed by atoms with Crippen LogP contribution < -0.4 is 0 Å². The minimum absolute atomic E-state index is 0.355. The van der Waals surface area contributed by atoms with E-state index in [2.05, 4.69) is 34.6 Å². The van der Waals surface area contributed by atoms with Crippen molar-refractivity contribution in [2.75, 3.05) is 6.61 Å². The SMILES string of the molecule is CCCC(C)C(C)(C)C1OCC1C. The van der Waals surface area contributed by atoms with Gasteiger partial charge in [0.15, 0.2) is 0 Å². The van der Waals surface area contributed by atoms with E-state index in [1.165, 1.54) is 12.8 Å². The van der Waals surface area contributed by atoms with Gasteiger partial charge in [-0.15, -0.1) is 0 Å². The number of rotatable bonds is 4. The molecule has 0 N–H and O–H groups in total. The predicted octanol–water partition coefficient (Wildman–Crippen LogP) is 3.48. The van der Waals surface area contributed by atoms with Crippen LogP contribution in [-0.4, -0.2) is 12.7 Å². The molecule has 0 bridgehead atoms. The summed E-state index contributed by atoms with van der Waals surface area (Å²) in [5.41, 5.74) is 0.355. The second kappa shape index (κ2) is 4.00. The highest BCUT2D eigenvalue weighted by atomic mass is 16.5. The van der Waals surface area contributed by atoms with E-state index in [1.54, 1.807) is 0 Å². The fourth-order valence-electron chi connectivity index (χ4n) is 2.42. The second-order valence-corrected chi connectivity index (χ2v) is 5.24. The second-order valence-electron chi connectivity index (χ2n) is 5.24. The zero-order valence-corrected chi connectivity index (χ0v) is 9.76. The van der Waals surface area contributed by atoms with Gasteiger partial charge in [0, 0.05) is 5.92 Å². The standard InChI is InChI=1S/C12H24O/c1-6-7-10(3)12(4,5)11-9(2)8-13-11/h9-11H,6-8H2,1-5H3. The van der Waals surface area contributed by atoms with Crippen molar-refractivity contribution in [3.63, 3.8) is 0 Å². The van der Waals surface area contributed by atoms with Gasteiger partial charge in [-0.25, -0.2) is 0 Å². The Morgan fingerprint density at radius 2 is 2.08 bits per heavy atom. The average molecular weight is 184 g/mol. The molecule has 0 amide bonds. The maximum absolute atomic E-state index is 5.68. The van der Waals surface area contributed by atoms with Gasteiger partial charge >= 0.3 is 0 Å². The van der Waals surface area contributed by atoms with E-state index in [0.29, 0.717) is 11.5 Å². The van der Waals surface area contributed by atoms with Crippen LogP contribution >= 0.6 is 0 Å². The summed E-state index contributed by atoms with van der Waals surface area (Å²) in [7, 11) is 0. The Balaban J connectivity index is 2.53. The monoisotopic (exact) mass is 184 g/mol. The van der Waals surface area contributed by atoms with Crippen molar-refractivity contribution in [2.45, 2.75) is 53.6 Å². The maximum Gasteiger partial charge on any atom is 0.0676 e. The summed E-state index contributed by atoms with van der Waals surface area (Å²) >= 11 is 0. The normalized spacial score (nSPS) is 31.2. The van der Waals surface area contributed by atoms with Gasteiger partial charge in [0.25, 0.3) is 0 Å². The van der Waals surface area contributed by atoms with E-state index in [9.17, 15) is 0 Å². The molecule has 1 aliphatic heterocycles. The first-order valence-electron chi connectivity index (χ1n) is 5.61. The van der Waals surface area contributed by atoms with Gasteiger partial charge < -0.3 is 4.74 Å². The van der Waals surface area contributed by atoms with Gasteiger partial charge in [0.05, 0.1) is 12.7 Å². The van der Waals surface area contributed by atoms with Gasteiger partial charge in [0.2, 0.25) is 0 Å². The van der Waals surface area contributed by atoms with Crippen LogP contribution in [-0.2, 0) is 4.74 Å². The van der Waals surface area contributed by atoms with Gasteiger partial charge in [-0.05, 0) is 11.3 Å². The molecule has 1 heterocycles. The summed E-state index contributed by atoms with van der Waals surface area (Å²) in [5.74, 6) is 1.53. The molecule has 1 aliphatic rings. The first-order chi connectivity index (χ1) is 6.00. The maximum atomic E-state index is 5.68. The smallest absolute Gasteiger partial charge is 0.0676 e. The van der Waals surface area contributed by atoms with Crippen LogP contribution in [0.15, 0.2) is 0 Å². The lowest BCUT2D eigenvalue weighted by molar-refractivity contribution is -0.177. The van der Waals surface area contributed by atoms with Crippen LogP contribution in [0, 0.1) is 17.3 Å². The number of hydrogen-bond acceptors (Lipinski definition) is 1. The summed E-state index contributed by atoms with van der Waals surface area (Å²) in [6, 6.07) is 0. The Hall–Kier alpha value is -0.0400.